The quantitative estimate of drug-likeness (QED) is 0.0571. The number of nitrogens with one attached hydrogen (secondary N) is 1. The first kappa shape index (κ1) is 36.0. The number of anilines is 1. The number of hydrogen-bond acceptors (Lipinski definition) is 4. The standard InChI is InChI=1S/C33H63N3O2P/c1-36(2,3)30-33(37)39(38)29-21-17-15-13-11-9-7-5-4-6-8-10-12-14-16-18-22-31-23-25-32(26-24-31)35-28-20-19-27-34/h23-26,35,38H,4-22,27-30,34H2,1-3H3/q+1. The SMILES string of the molecule is C[N+](C)(C)CC(=O)P(O)CCCCCCCCCCCCCCCCCCc1ccc(NCCCCN)cc1. The molecule has 0 saturated heterocycles. The lowest BCUT2D eigenvalue weighted by Crippen LogP contribution is -2.39. The summed E-state index contributed by atoms with van der Waals surface area (Å²) in [6.07, 6.45) is 25.3. The maximum absolute atomic E-state index is 12.0. The van der Waals surface area contributed by atoms with Crippen LogP contribution in [0.15, 0.2) is 24.3 Å². The zero-order valence-corrected chi connectivity index (χ0v) is 26.8. The second kappa shape index (κ2) is 23.7. The van der Waals surface area contributed by atoms with Crippen LogP contribution in [0.1, 0.15) is 121 Å². The highest BCUT2D eigenvalue weighted by Crippen LogP contribution is 2.33. The minimum atomic E-state index is -1.42. The number of benzene rings is 1. The molecule has 1 aromatic carbocycles. The molecule has 0 bridgehead atoms. The number of quaternary nitrogens is 1. The molecule has 1 unspecified atom stereocenters. The van der Waals surface area contributed by atoms with Gasteiger partial charge in [0.15, 0.2) is 0 Å². The van der Waals surface area contributed by atoms with Crippen molar-refractivity contribution in [2.45, 2.75) is 122 Å². The van der Waals surface area contributed by atoms with Gasteiger partial charge in [0.1, 0.15) is 14.7 Å². The van der Waals surface area contributed by atoms with Crippen molar-refractivity contribution in [2.75, 3.05) is 52.3 Å². The van der Waals surface area contributed by atoms with Crippen molar-refractivity contribution in [3.8, 4) is 0 Å². The molecule has 0 amide bonds. The molecule has 0 heterocycles. The number of carbonyl (C=O) groups is 1. The highest BCUT2D eigenvalue weighted by molar-refractivity contribution is 7.69. The van der Waals surface area contributed by atoms with Gasteiger partial charge in [-0.1, -0.05) is 102 Å². The number of nitrogens with zero attached hydrogens (tertiary/aromatic N) is 1. The fourth-order valence-electron chi connectivity index (χ4n) is 4.97. The molecule has 0 saturated carbocycles. The summed E-state index contributed by atoms with van der Waals surface area (Å²) in [6, 6.07) is 8.98. The topological polar surface area (TPSA) is 75.3 Å². The summed E-state index contributed by atoms with van der Waals surface area (Å²) >= 11 is 0. The Kier molecular flexibility index (Phi) is 21.9. The van der Waals surface area contributed by atoms with Crippen LogP contribution in [0.4, 0.5) is 5.69 Å². The first-order valence-electron chi connectivity index (χ1n) is 16.1. The summed E-state index contributed by atoms with van der Waals surface area (Å²) in [5.41, 5.74) is 8.28. The maximum Gasteiger partial charge on any atom is 0.234 e. The van der Waals surface area contributed by atoms with Crippen LogP contribution in [0.3, 0.4) is 0 Å². The zero-order chi connectivity index (χ0) is 28.6. The minimum Gasteiger partial charge on any atom is -0.385 e. The van der Waals surface area contributed by atoms with Gasteiger partial charge in [-0.25, -0.2) is 0 Å². The van der Waals surface area contributed by atoms with Gasteiger partial charge in [0.25, 0.3) is 0 Å². The van der Waals surface area contributed by atoms with E-state index in [0.717, 1.165) is 38.8 Å². The lowest BCUT2D eigenvalue weighted by atomic mass is 10.0. The summed E-state index contributed by atoms with van der Waals surface area (Å²) < 4.78 is 0.602. The van der Waals surface area contributed by atoms with Gasteiger partial charge in [-0.05, 0) is 62.5 Å². The number of aryl methyl sites for hydroxylation is 1. The Labute approximate surface area is 243 Å². The Morgan fingerprint density at radius 3 is 1.64 bits per heavy atom. The van der Waals surface area contributed by atoms with Crippen molar-refractivity contribution < 1.29 is 14.2 Å². The summed E-state index contributed by atoms with van der Waals surface area (Å²) in [5, 5.41) is 3.47. The molecule has 226 valence electrons. The van der Waals surface area contributed by atoms with Crippen LogP contribution in [-0.2, 0) is 11.2 Å². The monoisotopic (exact) mass is 564 g/mol. The van der Waals surface area contributed by atoms with Crippen LogP contribution in [0, 0.1) is 0 Å². The van der Waals surface area contributed by atoms with E-state index in [-0.39, 0.29) is 5.52 Å². The molecule has 39 heavy (non-hydrogen) atoms. The number of hydrogen-bond donors (Lipinski definition) is 3. The molecule has 0 aliphatic rings. The van der Waals surface area contributed by atoms with Crippen molar-refractivity contribution in [3.05, 3.63) is 29.8 Å². The minimum absolute atomic E-state index is 0.0497. The van der Waals surface area contributed by atoms with E-state index in [9.17, 15) is 9.69 Å². The van der Waals surface area contributed by atoms with E-state index >= 15 is 0 Å². The van der Waals surface area contributed by atoms with Gasteiger partial charge < -0.3 is 20.4 Å². The Bertz CT molecular complexity index is 706. The van der Waals surface area contributed by atoms with E-state index in [1.165, 1.54) is 108 Å². The van der Waals surface area contributed by atoms with Crippen LogP contribution in [0.5, 0.6) is 0 Å². The Morgan fingerprint density at radius 1 is 0.718 bits per heavy atom. The zero-order valence-electron chi connectivity index (χ0n) is 25.9. The van der Waals surface area contributed by atoms with Crippen LogP contribution >= 0.6 is 8.15 Å². The van der Waals surface area contributed by atoms with Crippen LogP contribution < -0.4 is 11.1 Å². The molecule has 5 nitrogen and oxygen atoms in total. The average molecular weight is 565 g/mol. The lowest BCUT2D eigenvalue weighted by Gasteiger charge is -2.23. The number of likely N-dealkylation sites (N-methyl/N-ethyl adjacent to an activating group) is 1. The van der Waals surface area contributed by atoms with E-state index in [1.807, 2.05) is 21.1 Å². The number of carbonyl (C=O) groups excluding carboxylic acids is 1. The number of unbranched alkanes of at least 4 members (excludes halogenated alkanes) is 16. The predicted molar refractivity (Wildman–Crippen MR) is 173 cm³/mol. The summed E-state index contributed by atoms with van der Waals surface area (Å²) in [6.45, 7) is 2.23. The third-order valence-corrected chi connectivity index (χ3v) is 8.85. The van der Waals surface area contributed by atoms with Crippen molar-refractivity contribution in [2.24, 2.45) is 5.73 Å². The maximum atomic E-state index is 12.0. The van der Waals surface area contributed by atoms with Gasteiger partial charge in [0.05, 0.1) is 21.1 Å². The van der Waals surface area contributed by atoms with Crippen LogP contribution in [0.2, 0.25) is 0 Å². The van der Waals surface area contributed by atoms with Crippen molar-refractivity contribution in [3.63, 3.8) is 0 Å². The smallest absolute Gasteiger partial charge is 0.234 e. The lowest BCUT2D eigenvalue weighted by molar-refractivity contribution is -0.861. The fraction of sp³-hybridized carbons (Fsp3) is 0.788. The van der Waals surface area contributed by atoms with E-state index < -0.39 is 8.15 Å². The first-order valence-corrected chi connectivity index (χ1v) is 17.6. The normalized spacial score (nSPS) is 12.5. The second-order valence-corrected chi connectivity index (χ2v) is 14.2. The number of rotatable bonds is 27. The van der Waals surface area contributed by atoms with Crippen molar-refractivity contribution in [1.29, 1.82) is 0 Å². The highest BCUT2D eigenvalue weighted by Gasteiger charge is 2.21. The van der Waals surface area contributed by atoms with Gasteiger partial charge in [0, 0.05) is 12.2 Å². The van der Waals surface area contributed by atoms with E-state index in [2.05, 4.69) is 29.6 Å². The molecular formula is C33H63N3O2P+. The Hall–Kier alpha value is -1.00. The molecule has 0 aliphatic heterocycles. The summed E-state index contributed by atoms with van der Waals surface area (Å²) in [4.78, 5) is 22.1. The van der Waals surface area contributed by atoms with Crippen LogP contribution in [-0.4, -0.2) is 61.8 Å². The Morgan fingerprint density at radius 2 is 1.18 bits per heavy atom. The molecular weight excluding hydrogens is 501 g/mol. The van der Waals surface area contributed by atoms with Gasteiger partial charge in [-0.2, -0.15) is 0 Å². The predicted octanol–water partition coefficient (Wildman–Crippen LogP) is 8.24. The molecule has 4 N–H and O–H groups in total. The third kappa shape index (κ3) is 22.4. The molecule has 1 rings (SSSR count). The van der Waals surface area contributed by atoms with Crippen molar-refractivity contribution >= 4 is 19.4 Å². The first-order chi connectivity index (χ1) is 18.8. The van der Waals surface area contributed by atoms with E-state index in [0.29, 0.717) is 17.2 Å². The fourth-order valence-corrected chi connectivity index (χ4v) is 6.33. The van der Waals surface area contributed by atoms with Gasteiger partial charge in [-0.15, -0.1) is 0 Å². The molecule has 6 heteroatoms. The molecule has 0 spiro atoms. The average Bonchev–Trinajstić information content (AvgIpc) is 2.90. The number of nitrogens with two attached hydrogens (primary N) is 1. The Balaban J connectivity index is 1.81. The van der Waals surface area contributed by atoms with Crippen molar-refractivity contribution in [1.82, 2.24) is 0 Å². The molecule has 0 radical (unpaired) electrons. The van der Waals surface area contributed by atoms with E-state index in [4.69, 9.17) is 5.73 Å². The summed E-state index contributed by atoms with van der Waals surface area (Å²) in [5.74, 6) is 0. The largest absolute Gasteiger partial charge is 0.385 e. The van der Waals surface area contributed by atoms with Crippen LogP contribution in [0.25, 0.3) is 0 Å². The van der Waals surface area contributed by atoms with E-state index in [1.54, 1.807) is 0 Å². The molecule has 1 atom stereocenters. The highest BCUT2D eigenvalue weighted by atomic mass is 31.1. The van der Waals surface area contributed by atoms with Gasteiger partial charge in [0.2, 0.25) is 5.52 Å². The molecule has 1 aromatic rings. The molecule has 0 aromatic heterocycles. The van der Waals surface area contributed by atoms with Gasteiger partial charge in [-0.3, -0.25) is 4.79 Å². The van der Waals surface area contributed by atoms with Gasteiger partial charge >= 0.3 is 0 Å². The second-order valence-electron chi connectivity index (χ2n) is 12.5. The summed E-state index contributed by atoms with van der Waals surface area (Å²) in [7, 11) is 4.57. The molecule has 0 fully saturated rings. The molecule has 0 aliphatic carbocycles. The third-order valence-electron chi connectivity index (χ3n) is 7.40.